The van der Waals surface area contributed by atoms with Crippen LogP contribution in [-0.4, -0.2) is 31.2 Å². The Labute approximate surface area is 101 Å². The quantitative estimate of drug-likeness (QED) is 0.843. The molecule has 92 valence electrons. The van der Waals surface area contributed by atoms with Crippen LogP contribution in [0, 0.1) is 0 Å². The lowest BCUT2D eigenvalue weighted by molar-refractivity contribution is -0.126. The van der Waals surface area contributed by atoms with Crippen molar-refractivity contribution in [3.8, 4) is 0 Å². The zero-order valence-electron chi connectivity index (χ0n) is 9.46. The fourth-order valence-corrected chi connectivity index (χ4v) is 3.27. The van der Waals surface area contributed by atoms with Gasteiger partial charge in [-0.15, -0.1) is 0 Å². The number of hydrogen-bond donors (Lipinski definition) is 1. The van der Waals surface area contributed by atoms with E-state index in [0.717, 1.165) is 9.87 Å². The monoisotopic (exact) mass is 254 g/mol. The lowest BCUT2D eigenvalue weighted by Gasteiger charge is -2.10. The van der Waals surface area contributed by atoms with Crippen LogP contribution in [0.4, 0.5) is 0 Å². The fourth-order valence-electron chi connectivity index (χ4n) is 1.89. The van der Waals surface area contributed by atoms with Crippen LogP contribution in [0.15, 0.2) is 30.3 Å². The van der Waals surface area contributed by atoms with Crippen LogP contribution in [-0.2, 0) is 21.4 Å². The van der Waals surface area contributed by atoms with Gasteiger partial charge in [-0.25, -0.2) is 4.31 Å². The normalized spacial score (nSPS) is 23.0. The van der Waals surface area contributed by atoms with Gasteiger partial charge in [-0.1, -0.05) is 30.3 Å². The molecule has 0 radical (unpaired) electrons. The Hall–Kier alpha value is -1.40. The van der Waals surface area contributed by atoms with Crippen molar-refractivity contribution in [2.75, 3.05) is 6.54 Å². The van der Waals surface area contributed by atoms with Crippen LogP contribution < -0.4 is 4.72 Å². The summed E-state index contributed by atoms with van der Waals surface area (Å²) < 4.78 is 26.4. The van der Waals surface area contributed by atoms with Gasteiger partial charge >= 0.3 is 10.2 Å². The molecule has 0 saturated carbocycles. The molecule has 1 aliphatic heterocycles. The summed E-state index contributed by atoms with van der Waals surface area (Å²) in [6.45, 7) is 1.81. The van der Waals surface area contributed by atoms with Gasteiger partial charge in [0.15, 0.2) is 0 Å². The number of carbonyl (C=O) groups is 1. The van der Waals surface area contributed by atoms with E-state index in [1.807, 2.05) is 30.3 Å². The predicted octanol–water partition coefficient (Wildman–Crippen LogP) is 0.294. The van der Waals surface area contributed by atoms with Gasteiger partial charge in [0.1, 0.15) is 6.04 Å². The minimum Gasteiger partial charge on any atom is -0.272 e. The molecule has 1 amide bonds. The maximum Gasteiger partial charge on any atom is 0.304 e. The van der Waals surface area contributed by atoms with E-state index < -0.39 is 16.3 Å². The summed E-state index contributed by atoms with van der Waals surface area (Å²) in [6.07, 6.45) is 0.384. The maximum absolute atomic E-state index is 11.8. The van der Waals surface area contributed by atoms with Gasteiger partial charge in [0.2, 0.25) is 0 Å². The van der Waals surface area contributed by atoms with Crippen molar-refractivity contribution in [2.45, 2.75) is 19.4 Å². The van der Waals surface area contributed by atoms with Crippen molar-refractivity contribution >= 4 is 16.1 Å². The number of amides is 1. The average Bonchev–Trinajstić information content (AvgIpc) is 2.50. The molecule has 1 atom stereocenters. The highest BCUT2D eigenvalue weighted by atomic mass is 32.2. The number of rotatable bonds is 3. The van der Waals surface area contributed by atoms with Crippen molar-refractivity contribution in [3.05, 3.63) is 35.9 Å². The second-order valence-electron chi connectivity index (χ2n) is 3.87. The highest BCUT2D eigenvalue weighted by Crippen LogP contribution is 2.15. The second-order valence-corrected chi connectivity index (χ2v) is 5.49. The molecule has 0 aromatic heterocycles. The number of hydrogen-bond acceptors (Lipinski definition) is 3. The summed E-state index contributed by atoms with van der Waals surface area (Å²) in [4.78, 5) is 11.8. The second kappa shape index (κ2) is 4.46. The third-order valence-corrected chi connectivity index (χ3v) is 4.30. The number of carbonyl (C=O) groups excluding carboxylic acids is 1. The van der Waals surface area contributed by atoms with Crippen molar-refractivity contribution in [1.82, 2.24) is 9.03 Å². The zero-order chi connectivity index (χ0) is 12.5. The Balaban J connectivity index is 2.18. The topological polar surface area (TPSA) is 66.5 Å². The summed E-state index contributed by atoms with van der Waals surface area (Å²) in [5.74, 6) is -0.378. The molecule has 0 bridgehead atoms. The van der Waals surface area contributed by atoms with E-state index in [4.69, 9.17) is 0 Å². The Morgan fingerprint density at radius 1 is 1.29 bits per heavy atom. The molecule has 17 heavy (non-hydrogen) atoms. The van der Waals surface area contributed by atoms with Crippen LogP contribution in [0.2, 0.25) is 0 Å². The van der Waals surface area contributed by atoms with Crippen LogP contribution in [0.1, 0.15) is 12.5 Å². The van der Waals surface area contributed by atoms with Crippen LogP contribution in [0.5, 0.6) is 0 Å². The van der Waals surface area contributed by atoms with Crippen molar-refractivity contribution in [3.63, 3.8) is 0 Å². The number of benzene rings is 1. The fraction of sp³-hybridized carbons (Fsp3) is 0.364. The Morgan fingerprint density at radius 2 is 1.94 bits per heavy atom. The SMILES string of the molecule is CCN1C(=O)C(Cc2ccccc2)NS1(=O)=O. The Kier molecular flexibility index (Phi) is 3.17. The molecule has 0 aliphatic carbocycles. The number of nitrogens with one attached hydrogen (secondary N) is 1. The smallest absolute Gasteiger partial charge is 0.272 e. The first-order valence-corrected chi connectivity index (χ1v) is 6.86. The van der Waals surface area contributed by atoms with Gasteiger partial charge in [0.05, 0.1) is 0 Å². The molecule has 1 fully saturated rings. The van der Waals surface area contributed by atoms with Gasteiger partial charge in [-0.2, -0.15) is 13.1 Å². The molecule has 1 aromatic carbocycles. The van der Waals surface area contributed by atoms with E-state index >= 15 is 0 Å². The highest BCUT2D eigenvalue weighted by Gasteiger charge is 2.41. The maximum atomic E-state index is 11.8. The van der Waals surface area contributed by atoms with Gasteiger partial charge in [-0.05, 0) is 18.9 Å². The van der Waals surface area contributed by atoms with Crippen molar-refractivity contribution < 1.29 is 13.2 Å². The van der Waals surface area contributed by atoms with Crippen LogP contribution in [0.3, 0.4) is 0 Å². The summed E-state index contributed by atoms with van der Waals surface area (Å²) in [5, 5.41) is 0. The molecular weight excluding hydrogens is 240 g/mol. The average molecular weight is 254 g/mol. The molecule has 1 aliphatic rings. The van der Waals surface area contributed by atoms with E-state index in [-0.39, 0.29) is 12.5 Å². The van der Waals surface area contributed by atoms with E-state index in [1.54, 1.807) is 6.92 Å². The largest absolute Gasteiger partial charge is 0.304 e. The van der Waals surface area contributed by atoms with Crippen LogP contribution >= 0.6 is 0 Å². The van der Waals surface area contributed by atoms with E-state index in [2.05, 4.69) is 4.72 Å². The molecule has 1 unspecified atom stereocenters. The molecule has 1 heterocycles. The molecular formula is C11H14N2O3S. The molecule has 1 saturated heterocycles. The van der Waals surface area contributed by atoms with Crippen molar-refractivity contribution in [1.29, 1.82) is 0 Å². The third-order valence-electron chi connectivity index (χ3n) is 2.70. The lowest BCUT2D eigenvalue weighted by Crippen LogP contribution is -2.32. The lowest BCUT2D eigenvalue weighted by atomic mass is 10.1. The minimum absolute atomic E-state index is 0.166. The van der Waals surface area contributed by atoms with E-state index in [9.17, 15) is 13.2 Å². The molecule has 5 nitrogen and oxygen atoms in total. The summed E-state index contributed by atoms with van der Waals surface area (Å²) in [6, 6.07) is 8.67. The molecule has 6 heteroatoms. The summed E-state index contributed by atoms with van der Waals surface area (Å²) >= 11 is 0. The van der Waals surface area contributed by atoms with Gasteiger partial charge in [0.25, 0.3) is 5.91 Å². The van der Waals surface area contributed by atoms with E-state index in [0.29, 0.717) is 6.42 Å². The van der Waals surface area contributed by atoms with E-state index in [1.165, 1.54) is 0 Å². The van der Waals surface area contributed by atoms with Crippen molar-refractivity contribution in [2.24, 2.45) is 0 Å². The van der Waals surface area contributed by atoms with Crippen LogP contribution in [0.25, 0.3) is 0 Å². The Bertz CT molecular complexity index is 513. The number of likely N-dealkylation sites (N-methyl/N-ethyl adjacent to an activating group) is 1. The third kappa shape index (κ3) is 2.32. The zero-order valence-corrected chi connectivity index (χ0v) is 10.3. The predicted molar refractivity (Wildman–Crippen MR) is 63.4 cm³/mol. The molecule has 1 aromatic rings. The molecule has 1 N–H and O–H groups in total. The number of nitrogens with zero attached hydrogens (tertiary/aromatic N) is 1. The Morgan fingerprint density at radius 3 is 2.47 bits per heavy atom. The molecule has 2 rings (SSSR count). The summed E-state index contributed by atoms with van der Waals surface area (Å²) in [7, 11) is -3.62. The first-order chi connectivity index (χ1) is 8.04. The standard InChI is InChI=1S/C11H14N2O3S/c1-2-13-11(14)10(12-17(13,15)16)8-9-6-4-3-5-7-9/h3-7,10,12H,2,8H2,1H3. The van der Waals surface area contributed by atoms with Gasteiger partial charge in [0, 0.05) is 6.54 Å². The summed E-state index contributed by atoms with van der Waals surface area (Å²) in [5.41, 5.74) is 0.937. The molecule has 0 spiro atoms. The minimum atomic E-state index is -3.62. The van der Waals surface area contributed by atoms with Gasteiger partial charge < -0.3 is 0 Å². The van der Waals surface area contributed by atoms with Gasteiger partial charge in [-0.3, -0.25) is 4.79 Å². The highest BCUT2D eigenvalue weighted by molar-refractivity contribution is 7.88. The first-order valence-electron chi connectivity index (χ1n) is 5.42. The first kappa shape index (κ1) is 12.1.